The predicted molar refractivity (Wildman–Crippen MR) is 137 cm³/mol. The Bertz CT molecular complexity index is 1120. The van der Waals surface area contributed by atoms with Crippen molar-refractivity contribution in [2.45, 2.75) is 76.5 Å². The number of primary amides is 1. The number of benzene rings is 2. The molecule has 1 aliphatic carbocycles. The number of amides is 3. The summed E-state index contributed by atoms with van der Waals surface area (Å²) in [5.74, 6) is -0.830. The normalized spacial score (nSPS) is 15.7. The SMILES string of the molecule is CC(C)(C)OC(=O)NC1(C(=O)N[C@H](C#N)Cc2ccc(-c3ccc(C(N)=O)cc3)cc2)CCCCC1. The fraction of sp³-hybridized carbons (Fsp3) is 0.429. The lowest BCUT2D eigenvalue weighted by Crippen LogP contribution is -2.61. The average molecular weight is 491 g/mol. The minimum absolute atomic E-state index is 0.325. The molecule has 2 aromatic rings. The van der Waals surface area contributed by atoms with Crippen LogP contribution in [-0.2, 0) is 16.0 Å². The summed E-state index contributed by atoms with van der Waals surface area (Å²) >= 11 is 0. The molecule has 0 heterocycles. The molecule has 0 bridgehead atoms. The van der Waals surface area contributed by atoms with Gasteiger partial charge in [-0.1, -0.05) is 55.7 Å². The van der Waals surface area contributed by atoms with E-state index in [1.165, 1.54) is 0 Å². The topological polar surface area (TPSA) is 134 Å². The highest BCUT2D eigenvalue weighted by molar-refractivity contribution is 5.93. The van der Waals surface area contributed by atoms with Gasteiger partial charge in [-0.15, -0.1) is 0 Å². The van der Waals surface area contributed by atoms with Crippen LogP contribution in [0.15, 0.2) is 48.5 Å². The van der Waals surface area contributed by atoms with Crippen LogP contribution < -0.4 is 16.4 Å². The Kier molecular flexibility index (Phi) is 8.36. The largest absolute Gasteiger partial charge is 0.444 e. The van der Waals surface area contributed by atoms with Crippen LogP contribution in [0.25, 0.3) is 11.1 Å². The smallest absolute Gasteiger partial charge is 0.408 e. The van der Waals surface area contributed by atoms with Gasteiger partial charge in [0.2, 0.25) is 11.8 Å². The number of carbonyl (C=O) groups is 3. The first-order valence-corrected chi connectivity index (χ1v) is 12.2. The Hall–Kier alpha value is -3.86. The van der Waals surface area contributed by atoms with Gasteiger partial charge in [0, 0.05) is 12.0 Å². The van der Waals surface area contributed by atoms with Gasteiger partial charge in [0.25, 0.3) is 0 Å². The highest BCUT2D eigenvalue weighted by atomic mass is 16.6. The van der Waals surface area contributed by atoms with E-state index < -0.39 is 29.2 Å². The van der Waals surface area contributed by atoms with Crippen molar-refractivity contribution in [3.63, 3.8) is 0 Å². The quantitative estimate of drug-likeness (QED) is 0.534. The van der Waals surface area contributed by atoms with Crippen LogP contribution in [0.3, 0.4) is 0 Å². The lowest BCUT2D eigenvalue weighted by atomic mass is 9.80. The Morgan fingerprint density at radius 1 is 1.00 bits per heavy atom. The van der Waals surface area contributed by atoms with Gasteiger partial charge in [-0.25, -0.2) is 4.79 Å². The van der Waals surface area contributed by atoms with Crippen molar-refractivity contribution < 1.29 is 19.1 Å². The summed E-state index contributed by atoms with van der Waals surface area (Å²) in [6, 6.07) is 16.1. The average Bonchev–Trinajstić information content (AvgIpc) is 2.83. The maximum absolute atomic E-state index is 13.3. The minimum atomic E-state index is -1.09. The number of carbonyl (C=O) groups excluding carboxylic acids is 3. The van der Waals surface area contributed by atoms with E-state index in [1.54, 1.807) is 32.9 Å². The third kappa shape index (κ3) is 7.08. The van der Waals surface area contributed by atoms with Crippen LogP contribution in [0, 0.1) is 11.3 Å². The van der Waals surface area contributed by atoms with Crippen molar-refractivity contribution in [2.75, 3.05) is 0 Å². The Labute approximate surface area is 212 Å². The number of nitriles is 1. The third-order valence-electron chi connectivity index (χ3n) is 6.24. The summed E-state index contributed by atoms with van der Waals surface area (Å²) in [4.78, 5) is 37.1. The van der Waals surface area contributed by atoms with E-state index in [1.807, 2.05) is 36.4 Å². The number of hydrogen-bond acceptors (Lipinski definition) is 5. The monoisotopic (exact) mass is 490 g/mol. The molecule has 2 aromatic carbocycles. The molecule has 0 radical (unpaired) electrons. The first-order valence-electron chi connectivity index (χ1n) is 12.2. The van der Waals surface area contributed by atoms with Gasteiger partial charge in [-0.05, 0) is 62.4 Å². The molecule has 36 heavy (non-hydrogen) atoms. The van der Waals surface area contributed by atoms with E-state index in [9.17, 15) is 19.6 Å². The molecule has 3 rings (SSSR count). The van der Waals surface area contributed by atoms with Crippen LogP contribution in [0.2, 0.25) is 0 Å². The molecule has 0 saturated heterocycles. The van der Waals surface area contributed by atoms with Gasteiger partial charge >= 0.3 is 6.09 Å². The molecule has 0 aliphatic heterocycles. The number of alkyl carbamates (subject to hydrolysis) is 1. The highest BCUT2D eigenvalue weighted by Gasteiger charge is 2.42. The molecule has 190 valence electrons. The van der Waals surface area contributed by atoms with Gasteiger partial charge in [0.1, 0.15) is 17.2 Å². The highest BCUT2D eigenvalue weighted by Crippen LogP contribution is 2.29. The number of rotatable bonds is 7. The Balaban J connectivity index is 1.67. The summed E-state index contributed by atoms with van der Waals surface area (Å²) in [6.07, 6.45) is 3.30. The zero-order valence-electron chi connectivity index (χ0n) is 21.1. The van der Waals surface area contributed by atoms with E-state index in [-0.39, 0.29) is 5.91 Å². The minimum Gasteiger partial charge on any atom is -0.444 e. The fourth-order valence-electron chi connectivity index (χ4n) is 4.38. The van der Waals surface area contributed by atoms with Gasteiger partial charge in [0.05, 0.1) is 6.07 Å². The molecular formula is C28H34N4O4. The summed E-state index contributed by atoms with van der Waals surface area (Å²) in [6.45, 7) is 5.31. The molecule has 3 amide bonds. The molecule has 1 aliphatic rings. The molecule has 1 fully saturated rings. The molecule has 8 heteroatoms. The number of ether oxygens (including phenoxy) is 1. The van der Waals surface area contributed by atoms with E-state index in [0.717, 1.165) is 36.0 Å². The standard InChI is InChI=1S/C28H34N4O4/c1-27(2,3)36-26(35)32-28(15-5-4-6-16-28)25(34)31-23(18-29)17-19-7-9-20(10-8-19)21-11-13-22(14-12-21)24(30)33/h7-14,23H,4-6,15-17H2,1-3H3,(H2,30,33)(H,31,34)(H,32,35)/t23-/m0/s1. The summed E-state index contributed by atoms with van der Waals surface area (Å²) in [5, 5.41) is 15.4. The second kappa shape index (κ2) is 11.3. The number of hydrogen-bond donors (Lipinski definition) is 3. The van der Waals surface area contributed by atoms with Crippen LogP contribution in [0.5, 0.6) is 0 Å². The maximum Gasteiger partial charge on any atom is 0.408 e. The van der Waals surface area contributed by atoms with E-state index in [2.05, 4.69) is 16.7 Å². The van der Waals surface area contributed by atoms with Crippen molar-refractivity contribution in [1.82, 2.24) is 10.6 Å². The molecule has 4 N–H and O–H groups in total. The zero-order chi connectivity index (χ0) is 26.3. The maximum atomic E-state index is 13.3. The Morgan fingerprint density at radius 3 is 2.06 bits per heavy atom. The van der Waals surface area contributed by atoms with Crippen molar-refractivity contribution in [3.8, 4) is 17.2 Å². The lowest BCUT2D eigenvalue weighted by molar-refractivity contribution is -0.129. The molecule has 0 aromatic heterocycles. The van der Waals surface area contributed by atoms with Gasteiger partial charge < -0.3 is 21.1 Å². The van der Waals surface area contributed by atoms with Crippen molar-refractivity contribution in [2.24, 2.45) is 5.73 Å². The van der Waals surface area contributed by atoms with Crippen LogP contribution >= 0.6 is 0 Å². The van der Waals surface area contributed by atoms with E-state index >= 15 is 0 Å². The van der Waals surface area contributed by atoms with E-state index in [4.69, 9.17) is 10.5 Å². The first-order chi connectivity index (χ1) is 17.0. The van der Waals surface area contributed by atoms with Crippen LogP contribution in [-0.4, -0.2) is 35.1 Å². The number of nitrogens with two attached hydrogens (primary N) is 1. The molecule has 0 unspecified atom stereocenters. The summed E-state index contributed by atoms with van der Waals surface area (Å²) in [7, 11) is 0. The Morgan fingerprint density at radius 2 is 1.56 bits per heavy atom. The predicted octanol–water partition coefficient (Wildman–Crippen LogP) is 4.23. The molecular weight excluding hydrogens is 456 g/mol. The van der Waals surface area contributed by atoms with Gasteiger partial charge in [-0.3, -0.25) is 9.59 Å². The second-order valence-corrected chi connectivity index (χ2v) is 10.3. The van der Waals surface area contributed by atoms with Gasteiger partial charge in [-0.2, -0.15) is 5.26 Å². The van der Waals surface area contributed by atoms with Crippen molar-refractivity contribution in [3.05, 3.63) is 59.7 Å². The van der Waals surface area contributed by atoms with Crippen LogP contribution in [0.1, 0.15) is 68.8 Å². The zero-order valence-corrected chi connectivity index (χ0v) is 21.1. The summed E-state index contributed by atoms with van der Waals surface area (Å²) < 4.78 is 5.39. The molecule has 0 spiro atoms. The lowest BCUT2D eigenvalue weighted by Gasteiger charge is -2.37. The van der Waals surface area contributed by atoms with E-state index in [0.29, 0.717) is 24.8 Å². The number of nitrogens with zero attached hydrogens (tertiary/aromatic N) is 1. The summed E-state index contributed by atoms with van der Waals surface area (Å²) in [5.41, 5.74) is 6.75. The van der Waals surface area contributed by atoms with Crippen molar-refractivity contribution in [1.29, 1.82) is 5.26 Å². The first kappa shape index (κ1) is 26.7. The second-order valence-electron chi connectivity index (χ2n) is 10.3. The van der Waals surface area contributed by atoms with Crippen LogP contribution in [0.4, 0.5) is 4.79 Å². The fourth-order valence-corrected chi connectivity index (χ4v) is 4.38. The van der Waals surface area contributed by atoms with Gasteiger partial charge in [0.15, 0.2) is 0 Å². The molecule has 1 saturated carbocycles. The third-order valence-corrected chi connectivity index (χ3v) is 6.24. The van der Waals surface area contributed by atoms with Crippen molar-refractivity contribution >= 4 is 17.9 Å². The molecule has 8 nitrogen and oxygen atoms in total. The number of nitrogens with one attached hydrogen (secondary N) is 2. The molecule has 1 atom stereocenters.